The van der Waals surface area contributed by atoms with Crippen LogP contribution in [0.1, 0.15) is 21.9 Å². The summed E-state index contributed by atoms with van der Waals surface area (Å²) < 4.78 is 7.11. The third-order valence-electron chi connectivity index (χ3n) is 2.46. The van der Waals surface area contributed by atoms with E-state index in [1.54, 1.807) is 13.0 Å². The largest absolute Gasteiger partial charge is 0.466 e. The van der Waals surface area contributed by atoms with Crippen LogP contribution in [0.25, 0.3) is 0 Å². The molecular formula is C13H11Br2NO2. The number of amides is 1. The van der Waals surface area contributed by atoms with Gasteiger partial charge in [0.05, 0.1) is 11.3 Å². The second-order valence-corrected chi connectivity index (χ2v) is 5.68. The van der Waals surface area contributed by atoms with Gasteiger partial charge in [-0.25, -0.2) is 0 Å². The van der Waals surface area contributed by atoms with Crippen LogP contribution in [-0.2, 0) is 0 Å². The summed E-state index contributed by atoms with van der Waals surface area (Å²) in [5, 5.41) is 2.84. The minimum atomic E-state index is -0.174. The molecule has 0 atom stereocenters. The van der Waals surface area contributed by atoms with Crippen LogP contribution in [0.15, 0.2) is 37.6 Å². The quantitative estimate of drug-likeness (QED) is 0.831. The van der Waals surface area contributed by atoms with Crippen molar-refractivity contribution >= 4 is 43.5 Å². The maximum Gasteiger partial charge on any atom is 0.259 e. The standard InChI is InChI=1S/C13H11Br2NO2/c1-7-5-10(8(2)18-7)13(17)16-12-4-3-9(14)6-11(12)15/h3-6H,1-2H3,(H,16,17). The van der Waals surface area contributed by atoms with Crippen LogP contribution in [0, 0.1) is 13.8 Å². The molecule has 1 aromatic carbocycles. The fraction of sp³-hybridized carbons (Fsp3) is 0.154. The van der Waals surface area contributed by atoms with Crippen molar-refractivity contribution in [2.24, 2.45) is 0 Å². The zero-order valence-corrected chi connectivity index (χ0v) is 13.1. The zero-order valence-electron chi connectivity index (χ0n) is 9.88. The van der Waals surface area contributed by atoms with Crippen LogP contribution in [0.5, 0.6) is 0 Å². The van der Waals surface area contributed by atoms with Crippen molar-refractivity contribution in [2.45, 2.75) is 13.8 Å². The molecule has 0 saturated heterocycles. The highest BCUT2D eigenvalue weighted by Gasteiger charge is 2.14. The first kappa shape index (κ1) is 13.4. The van der Waals surface area contributed by atoms with Gasteiger partial charge < -0.3 is 9.73 Å². The lowest BCUT2D eigenvalue weighted by Gasteiger charge is -2.07. The predicted molar refractivity (Wildman–Crippen MR) is 78.0 cm³/mol. The molecule has 0 aliphatic carbocycles. The van der Waals surface area contributed by atoms with Gasteiger partial charge in [0.2, 0.25) is 0 Å². The van der Waals surface area contributed by atoms with Crippen LogP contribution >= 0.6 is 31.9 Å². The average molecular weight is 373 g/mol. The minimum absolute atomic E-state index is 0.174. The van der Waals surface area contributed by atoms with Gasteiger partial charge in [0.25, 0.3) is 5.91 Å². The van der Waals surface area contributed by atoms with Crippen LogP contribution in [0.4, 0.5) is 5.69 Å². The SMILES string of the molecule is Cc1cc(C(=O)Nc2ccc(Br)cc2Br)c(C)o1. The summed E-state index contributed by atoms with van der Waals surface area (Å²) in [5.41, 5.74) is 1.28. The Balaban J connectivity index is 2.24. The molecule has 0 unspecified atom stereocenters. The highest BCUT2D eigenvalue weighted by Crippen LogP contribution is 2.27. The molecule has 94 valence electrons. The Kier molecular flexibility index (Phi) is 3.92. The highest BCUT2D eigenvalue weighted by molar-refractivity contribution is 9.11. The van der Waals surface area contributed by atoms with E-state index in [0.717, 1.165) is 20.4 Å². The van der Waals surface area contributed by atoms with E-state index in [0.29, 0.717) is 11.3 Å². The number of anilines is 1. The van der Waals surface area contributed by atoms with Crippen molar-refractivity contribution < 1.29 is 9.21 Å². The Hall–Kier alpha value is -1.07. The van der Waals surface area contributed by atoms with Crippen molar-refractivity contribution in [3.8, 4) is 0 Å². The maximum absolute atomic E-state index is 12.1. The van der Waals surface area contributed by atoms with E-state index in [-0.39, 0.29) is 5.91 Å². The Morgan fingerprint density at radius 1 is 1.22 bits per heavy atom. The van der Waals surface area contributed by atoms with E-state index in [2.05, 4.69) is 37.2 Å². The van der Waals surface area contributed by atoms with Crippen molar-refractivity contribution in [1.29, 1.82) is 0 Å². The smallest absolute Gasteiger partial charge is 0.259 e. The van der Waals surface area contributed by atoms with Crippen molar-refractivity contribution in [3.63, 3.8) is 0 Å². The van der Waals surface area contributed by atoms with E-state index in [4.69, 9.17) is 4.42 Å². The number of carbonyl (C=O) groups excluding carboxylic acids is 1. The predicted octanol–water partition coefficient (Wildman–Crippen LogP) is 4.67. The van der Waals surface area contributed by atoms with E-state index in [1.807, 2.05) is 25.1 Å². The molecule has 18 heavy (non-hydrogen) atoms. The molecule has 0 aliphatic heterocycles. The summed E-state index contributed by atoms with van der Waals surface area (Å²) in [4.78, 5) is 12.1. The molecule has 2 rings (SSSR count). The summed E-state index contributed by atoms with van der Waals surface area (Å²) in [5.74, 6) is 1.18. The van der Waals surface area contributed by atoms with Crippen LogP contribution in [0.3, 0.4) is 0 Å². The first-order valence-corrected chi connectivity index (χ1v) is 6.89. The lowest BCUT2D eigenvalue weighted by molar-refractivity contribution is 0.102. The van der Waals surface area contributed by atoms with E-state index < -0.39 is 0 Å². The Labute approximate surface area is 122 Å². The fourth-order valence-electron chi connectivity index (χ4n) is 1.64. The van der Waals surface area contributed by atoms with E-state index in [9.17, 15) is 4.79 Å². The second-order valence-electron chi connectivity index (χ2n) is 3.91. The van der Waals surface area contributed by atoms with E-state index in [1.165, 1.54) is 0 Å². The molecular weight excluding hydrogens is 362 g/mol. The molecule has 1 N–H and O–H groups in total. The molecule has 1 amide bonds. The molecule has 0 radical (unpaired) electrons. The van der Waals surface area contributed by atoms with Crippen molar-refractivity contribution in [2.75, 3.05) is 5.32 Å². The highest BCUT2D eigenvalue weighted by atomic mass is 79.9. The van der Waals surface area contributed by atoms with Gasteiger partial charge in [-0.3, -0.25) is 4.79 Å². The Bertz CT molecular complexity index is 605. The Morgan fingerprint density at radius 2 is 1.94 bits per heavy atom. The lowest BCUT2D eigenvalue weighted by atomic mass is 10.2. The number of hydrogen-bond acceptors (Lipinski definition) is 2. The second kappa shape index (κ2) is 5.28. The molecule has 1 heterocycles. The summed E-state index contributed by atoms with van der Waals surface area (Å²) >= 11 is 6.77. The molecule has 0 saturated carbocycles. The summed E-state index contributed by atoms with van der Waals surface area (Å²) in [6, 6.07) is 7.31. The van der Waals surface area contributed by atoms with Gasteiger partial charge in [-0.2, -0.15) is 0 Å². The first-order valence-electron chi connectivity index (χ1n) is 5.31. The van der Waals surface area contributed by atoms with Gasteiger partial charge in [-0.1, -0.05) is 15.9 Å². The minimum Gasteiger partial charge on any atom is -0.466 e. The number of nitrogens with one attached hydrogen (secondary N) is 1. The normalized spacial score (nSPS) is 10.4. The topological polar surface area (TPSA) is 42.2 Å². The molecule has 0 bridgehead atoms. The van der Waals surface area contributed by atoms with Crippen LogP contribution < -0.4 is 5.32 Å². The summed E-state index contributed by atoms with van der Waals surface area (Å²) in [6.07, 6.45) is 0. The monoisotopic (exact) mass is 371 g/mol. The summed E-state index contributed by atoms with van der Waals surface area (Å²) in [7, 11) is 0. The third kappa shape index (κ3) is 2.84. The number of hydrogen-bond donors (Lipinski definition) is 1. The number of furan rings is 1. The zero-order chi connectivity index (χ0) is 13.3. The maximum atomic E-state index is 12.1. The van der Waals surface area contributed by atoms with Crippen LogP contribution in [-0.4, -0.2) is 5.91 Å². The number of aryl methyl sites for hydroxylation is 2. The molecule has 2 aromatic rings. The molecule has 0 fully saturated rings. The Morgan fingerprint density at radius 3 is 2.50 bits per heavy atom. The molecule has 3 nitrogen and oxygen atoms in total. The first-order chi connectivity index (χ1) is 8.47. The van der Waals surface area contributed by atoms with Gasteiger partial charge in [0, 0.05) is 8.95 Å². The molecule has 0 spiro atoms. The van der Waals surface area contributed by atoms with Crippen molar-refractivity contribution in [1.82, 2.24) is 0 Å². The molecule has 5 heteroatoms. The fourth-order valence-corrected chi connectivity index (χ4v) is 2.78. The van der Waals surface area contributed by atoms with E-state index >= 15 is 0 Å². The number of benzene rings is 1. The van der Waals surface area contributed by atoms with Gasteiger partial charge in [0.1, 0.15) is 11.5 Å². The lowest BCUT2D eigenvalue weighted by Crippen LogP contribution is -2.12. The van der Waals surface area contributed by atoms with Gasteiger partial charge in [-0.15, -0.1) is 0 Å². The number of halogens is 2. The van der Waals surface area contributed by atoms with Gasteiger partial charge >= 0.3 is 0 Å². The van der Waals surface area contributed by atoms with Gasteiger partial charge in [-0.05, 0) is 54.0 Å². The number of carbonyl (C=O) groups is 1. The summed E-state index contributed by atoms with van der Waals surface area (Å²) in [6.45, 7) is 3.60. The van der Waals surface area contributed by atoms with Crippen LogP contribution in [0.2, 0.25) is 0 Å². The van der Waals surface area contributed by atoms with Crippen molar-refractivity contribution in [3.05, 3.63) is 50.3 Å². The average Bonchev–Trinajstić information content (AvgIpc) is 2.62. The number of rotatable bonds is 2. The third-order valence-corrected chi connectivity index (χ3v) is 3.61. The molecule has 1 aromatic heterocycles. The van der Waals surface area contributed by atoms with Gasteiger partial charge in [0.15, 0.2) is 0 Å². The molecule has 0 aliphatic rings.